The summed E-state index contributed by atoms with van der Waals surface area (Å²) in [6.45, 7) is 2.46. The van der Waals surface area contributed by atoms with Crippen LogP contribution in [0.1, 0.15) is 24.4 Å². The van der Waals surface area contributed by atoms with Crippen LogP contribution in [0.25, 0.3) is 22.0 Å². The molecule has 0 aliphatic carbocycles. The molecule has 0 spiro atoms. The van der Waals surface area contributed by atoms with Gasteiger partial charge in [0.05, 0.1) is 24.6 Å². The van der Waals surface area contributed by atoms with E-state index in [0.717, 1.165) is 59.5 Å². The van der Waals surface area contributed by atoms with Gasteiger partial charge < -0.3 is 4.42 Å². The van der Waals surface area contributed by atoms with Crippen LogP contribution in [-0.4, -0.2) is 48.5 Å². The molecule has 0 saturated carbocycles. The molecule has 8 heteroatoms. The van der Waals surface area contributed by atoms with Crippen molar-refractivity contribution in [2.24, 2.45) is 13.0 Å². The number of piperidine rings is 1. The molecular weight excluding hydrogens is 392 g/mol. The molecule has 1 fully saturated rings. The lowest BCUT2D eigenvalue weighted by molar-refractivity contribution is -0.123. The number of carbonyl (C=O) groups is 1. The molecule has 1 saturated heterocycles. The summed E-state index contributed by atoms with van der Waals surface area (Å²) in [4.78, 5) is 28.4. The van der Waals surface area contributed by atoms with Crippen molar-refractivity contribution in [3.8, 4) is 11.3 Å². The number of likely N-dealkylation sites (tertiary alicyclic amines) is 1. The number of carbonyl (C=O) groups excluding carboxylic acids is 1. The maximum absolute atomic E-state index is 12.9. The van der Waals surface area contributed by atoms with Gasteiger partial charge in [-0.25, -0.2) is 4.98 Å². The van der Waals surface area contributed by atoms with Crippen LogP contribution in [0.5, 0.6) is 0 Å². The van der Waals surface area contributed by atoms with Gasteiger partial charge in [0, 0.05) is 54.6 Å². The molecule has 1 aliphatic heterocycles. The van der Waals surface area contributed by atoms with Gasteiger partial charge in [0.15, 0.2) is 0 Å². The Balaban J connectivity index is 1.24. The number of rotatable bonds is 6. The number of aromatic nitrogens is 5. The highest BCUT2D eigenvalue weighted by atomic mass is 16.3. The Morgan fingerprint density at radius 2 is 1.94 bits per heavy atom. The summed E-state index contributed by atoms with van der Waals surface area (Å²) in [6.07, 6.45) is 12.7. The van der Waals surface area contributed by atoms with E-state index < -0.39 is 0 Å². The first-order valence-electron chi connectivity index (χ1n) is 10.5. The predicted molar refractivity (Wildman–Crippen MR) is 115 cm³/mol. The fourth-order valence-electron chi connectivity index (χ4n) is 4.15. The molecule has 0 aromatic carbocycles. The molecule has 31 heavy (non-hydrogen) atoms. The largest absolute Gasteiger partial charge is 0.448 e. The van der Waals surface area contributed by atoms with Crippen molar-refractivity contribution in [1.29, 1.82) is 0 Å². The van der Waals surface area contributed by atoms with Crippen LogP contribution in [0.2, 0.25) is 0 Å². The third-order valence-electron chi connectivity index (χ3n) is 5.90. The maximum Gasteiger partial charge on any atom is 0.208 e. The monoisotopic (exact) mass is 416 g/mol. The lowest BCUT2D eigenvalue weighted by Crippen LogP contribution is -2.36. The SMILES string of the molecule is Cn1cc(-c2cc3cc(CC(=O)C4CCN(Cc5ncco5)CC4)ncc3cn2)cn1. The smallest absolute Gasteiger partial charge is 0.208 e. The van der Waals surface area contributed by atoms with Crippen molar-refractivity contribution in [2.75, 3.05) is 13.1 Å². The van der Waals surface area contributed by atoms with E-state index >= 15 is 0 Å². The van der Waals surface area contributed by atoms with E-state index in [2.05, 4.69) is 25.0 Å². The Bertz CT molecular complexity index is 1190. The van der Waals surface area contributed by atoms with Crippen LogP contribution in [0.3, 0.4) is 0 Å². The molecule has 0 amide bonds. The van der Waals surface area contributed by atoms with Crippen molar-refractivity contribution in [3.05, 3.63) is 61.0 Å². The Kier molecular flexibility index (Phi) is 5.30. The minimum absolute atomic E-state index is 0.0849. The minimum Gasteiger partial charge on any atom is -0.448 e. The van der Waals surface area contributed by atoms with Crippen molar-refractivity contribution in [1.82, 2.24) is 29.6 Å². The summed E-state index contributed by atoms with van der Waals surface area (Å²) >= 11 is 0. The summed E-state index contributed by atoms with van der Waals surface area (Å²) < 4.78 is 7.08. The Labute approximate surface area is 179 Å². The first-order valence-corrected chi connectivity index (χ1v) is 10.5. The molecule has 0 atom stereocenters. The van der Waals surface area contributed by atoms with Gasteiger partial charge in [-0.15, -0.1) is 0 Å². The Morgan fingerprint density at radius 3 is 2.68 bits per heavy atom. The highest BCUT2D eigenvalue weighted by Gasteiger charge is 2.25. The molecule has 1 aliphatic rings. The fourth-order valence-corrected chi connectivity index (χ4v) is 4.15. The number of aryl methyl sites for hydroxylation is 1. The van der Waals surface area contributed by atoms with Gasteiger partial charge in [-0.1, -0.05) is 0 Å². The van der Waals surface area contributed by atoms with Gasteiger partial charge in [0.1, 0.15) is 12.0 Å². The second-order valence-corrected chi connectivity index (χ2v) is 8.11. The van der Waals surface area contributed by atoms with Crippen LogP contribution in [0, 0.1) is 5.92 Å². The highest BCUT2D eigenvalue weighted by molar-refractivity contribution is 5.87. The lowest BCUT2D eigenvalue weighted by atomic mass is 9.90. The van der Waals surface area contributed by atoms with E-state index in [-0.39, 0.29) is 11.7 Å². The van der Waals surface area contributed by atoms with Gasteiger partial charge in [-0.2, -0.15) is 5.10 Å². The number of hydrogen-bond acceptors (Lipinski definition) is 7. The average Bonchev–Trinajstić information content (AvgIpc) is 3.45. The minimum atomic E-state index is 0.0849. The number of hydrogen-bond donors (Lipinski definition) is 0. The summed E-state index contributed by atoms with van der Waals surface area (Å²) in [6, 6.07) is 4.04. The van der Waals surface area contributed by atoms with Crippen molar-refractivity contribution in [2.45, 2.75) is 25.8 Å². The van der Waals surface area contributed by atoms with Crippen LogP contribution >= 0.6 is 0 Å². The topological polar surface area (TPSA) is 89.9 Å². The number of nitrogens with zero attached hydrogens (tertiary/aromatic N) is 6. The molecule has 0 unspecified atom stereocenters. The second kappa shape index (κ2) is 8.39. The Hall–Kier alpha value is -3.39. The van der Waals surface area contributed by atoms with Crippen LogP contribution in [-0.2, 0) is 24.8 Å². The Morgan fingerprint density at radius 1 is 1.10 bits per heavy atom. The molecule has 5 heterocycles. The molecule has 4 aromatic rings. The summed E-state index contributed by atoms with van der Waals surface area (Å²) in [5.41, 5.74) is 2.64. The van der Waals surface area contributed by atoms with Gasteiger partial charge >= 0.3 is 0 Å². The summed E-state index contributed by atoms with van der Waals surface area (Å²) in [5.74, 6) is 1.08. The third kappa shape index (κ3) is 4.39. The number of pyridine rings is 2. The zero-order valence-electron chi connectivity index (χ0n) is 17.4. The summed E-state index contributed by atoms with van der Waals surface area (Å²) in [7, 11) is 1.89. The normalized spacial score (nSPS) is 15.5. The predicted octanol–water partition coefficient (Wildman–Crippen LogP) is 3.04. The van der Waals surface area contributed by atoms with Gasteiger partial charge in [-0.3, -0.25) is 24.3 Å². The van der Waals surface area contributed by atoms with E-state index in [1.807, 2.05) is 31.6 Å². The van der Waals surface area contributed by atoms with E-state index in [0.29, 0.717) is 13.0 Å². The van der Waals surface area contributed by atoms with Crippen molar-refractivity contribution >= 4 is 16.6 Å². The molecule has 5 rings (SSSR count). The number of ketones is 1. The van der Waals surface area contributed by atoms with E-state index in [4.69, 9.17) is 4.42 Å². The third-order valence-corrected chi connectivity index (χ3v) is 5.90. The highest BCUT2D eigenvalue weighted by Crippen LogP contribution is 2.24. The van der Waals surface area contributed by atoms with Crippen molar-refractivity contribution < 1.29 is 9.21 Å². The quantitative estimate of drug-likeness (QED) is 0.477. The van der Waals surface area contributed by atoms with Crippen LogP contribution in [0.4, 0.5) is 0 Å². The van der Waals surface area contributed by atoms with Gasteiger partial charge in [-0.05, 0) is 43.5 Å². The zero-order valence-corrected chi connectivity index (χ0v) is 17.4. The summed E-state index contributed by atoms with van der Waals surface area (Å²) in [5, 5.41) is 6.21. The molecule has 0 N–H and O–H groups in total. The number of Topliss-reactive ketones (excluding diaryl/α,β-unsaturated/α-hetero) is 1. The first-order chi connectivity index (χ1) is 15.1. The van der Waals surface area contributed by atoms with E-state index in [9.17, 15) is 4.79 Å². The fraction of sp³-hybridized carbons (Fsp3) is 0.348. The molecule has 8 nitrogen and oxygen atoms in total. The van der Waals surface area contributed by atoms with Gasteiger partial charge in [0.25, 0.3) is 0 Å². The van der Waals surface area contributed by atoms with Gasteiger partial charge in [0.2, 0.25) is 5.89 Å². The van der Waals surface area contributed by atoms with Crippen LogP contribution < -0.4 is 0 Å². The lowest BCUT2D eigenvalue weighted by Gasteiger charge is -2.30. The van der Waals surface area contributed by atoms with E-state index in [1.165, 1.54) is 0 Å². The zero-order chi connectivity index (χ0) is 21.2. The van der Waals surface area contributed by atoms with Crippen LogP contribution in [0.15, 0.2) is 53.8 Å². The molecule has 4 aromatic heterocycles. The molecule has 0 radical (unpaired) electrons. The number of fused-ring (bicyclic) bond motifs is 1. The standard InChI is InChI=1S/C23H24N6O2/c1-28-14-19(13-27-28)21-9-17-8-20(25-11-18(17)12-26-21)10-22(30)16-2-5-29(6-3-16)15-23-24-4-7-31-23/h4,7-9,11-14,16H,2-3,5-6,10,15H2,1H3. The van der Waals surface area contributed by atoms with Crippen molar-refractivity contribution in [3.63, 3.8) is 0 Å². The molecular formula is C23H24N6O2. The number of oxazole rings is 1. The average molecular weight is 416 g/mol. The second-order valence-electron chi connectivity index (χ2n) is 8.11. The molecule has 158 valence electrons. The first kappa shape index (κ1) is 19.6. The molecule has 0 bridgehead atoms. The van der Waals surface area contributed by atoms with E-state index in [1.54, 1.807) is 29.5 Å². The maximum atomic E-state index is 12.9.